The molecule has 1 aromatic heterocycles. The normalized spacial score (nSPS) is 24.0. The number of benzene rings is 3. The number of phenolic OH excluding ortho intramolecular Hbond substituents is 1. The van der Waals surface area contributed by atoms with Crippen molar-refractivity contribution in [1.29, 1.82) is 0 Å². The maximum absolute atomic E-state index is 16.8. The Bertz CT molecular complexity index is 1680. The van der Waals surface area contributed by atoms with Gasteiger partial charge in [-0.2, -0.15) is 4.98 Å². The predicted octanol–water partition coefficient (Wildman–Crippen LogP) is 5.42. The van der Waals surface area contributed by atoms with Crippen LogP contribution >= 0.6 is 11.6 Å². The Balaban J connectivity index is 1.29. The Morgan fingerprint density at radius 1 is 1.00 bits per heavy atom. The van der Waals surface area contributed by atoms with Crippen LogP contribution < -0.4 is 15.1 Å². The summed E-state index contributed by atoms with van der Waals surface area (Å²) in [6.07, 6.45) is 4.69. The number of rotatable bonds is 3. The number of aromatic hydroxyl groups is 1. The zero-order valence-electron chi connectivity index (χ0n) is 23.2. The molecular weight excluding hydrogens is 539 g/mol. The Labute approximate surface area is 243 Å². The lowest BCUT2D eigenvalue weighted by atomic mass is 9.73. The van der Waals surface area contributed by atoms with E-state index in [1.807, 2.05) is 30.3 Å². The third-order valence-electron chi connectivity index (χ3n) is 9.67. The zero-order valence-corrected chi connectivity index (χ0v) is 24.0. The molecule has 2 unspecified atom stereocenters. The van der Waals surface area contributed by atoms with Crippen LogP contribution in [0.1, 0.15) is 25.7 Å². The van der Waals surface area contributed by atoms with Crippen molar-refractivity contribution in [2.75, 3.05) is 56.1 Å². The smallest absolute Gasteiger partial charge is 0.228 e. The topological polar surface area (TPSA) is 67.8 Å². The third kappa shape index (κ3) is 4.22. The number of phenols is 1. The summed E-state index contributed by atoms with van der Waals surface area (Å²) in [4.78, 5) is 17.0. The van der Waals surface area contributed by atoms with Crippen molar-refractivity contribution in [1.82, 2.24) is 20.2 Å². The molecule has 4 aromatic rings. The average molecular weight is 573 g/mol. The summed E-state index contributed by atoms with van der Waals surface area (Å²) in [5.41, 5.74) is 1.35. The summed E-state index contributed by atoms with van der Waals surface area (Å²) in [7, 11) is 2.19. The van der Waals surface area contributed by atoms with E-state index in [9.17, 15) is 5.11 Å². The van der Waals surface area contributed by atoms with Crippen LogP contribution in [0.15, 0.2) is 42.5 Å². The van der Waals surface area contributed by atoms with Crippen molar-refractivity contribution in [3.8, 4) is 16.9 Å². The monoisotopic (exact) mass is 572 g/mol. The molecule has 2 atom stereocenters. The van der Waals surface area contributed by atoms with E-state index in [0.29, 0.717) is 29.0 Å². The van der Waals surface area contributed by atoms with E-state index >= 15 is 4.39 Å². The lowest BCUT2D eigenvalue weighted by molar-refractivity contribution is 0.0773. The lowest BCUT2D eigenvalue weighted by Gasteiger charge is -2.54. The number of fused-ring (bicyclic) bond motifs is 4. The summed E-state index contributed by atoms with van der Waals surface area (Å²) in [6, 6.07) is 13.6. The highest BCUT2D eigenvalue weighted by Crippen LogP contribution is 2.45. The minimum atomic E-state index is -0.473. The summed E-state index contributed by atoms with van der Waals surface area (Å²) >= 11 is 6.91. The molecule has 2 N–H and O–H groups in total. The van der Waals surface area contributed by atoms with Crippen LogP contribution in [-0.2, 0) is 0 Å². The number of nitrogens with one attached hydrogen (secondary N) is 1. The van der Waals surface area contributed by atoms with E-state index in [2.05, 4.69) is 27.1 Å². The molecule has 4 aliphatic rings. The number of anilines is 2. The number of piperazine rings is 1. The summed E-state index contributed by atoms with van der Waals surface area (Å²) in [5.74, 6) is 0.945. The first-order valence-corrected chi connectivity index (χ1v) is 15.1. The predicted molar refractivity (Wildman–Crippen MR) is 163 cm³/mol. The highest BCUT2D eigenvalue weighted by Gasteiger charge is 2.46. The molecular formula is C32H34ClFN6O. The zero-order chi connectivity index (χ0) is 27.9. The first-order chi connectivity index (χ1) is 19.9. The van der Waals surface area contributed by atoms with Gasteiger partial charge < -0.3 is 25.1 Å². The molecule has 8 rings (SSSR count). The van der Waals surface area contributed by atoms with Gasteiger partial charge >= 0.3 is 0 Å². The quantitative estimate of drug-likeness (QED) is 0.340. The number of hydrogen-bond donors (Lipinski definition) is 2. The molecule has 0 radical (unpaired) electrons. The van der Waals surface area contributed by atoms with Crippen LogP contribution in [-0.4, -0.2) is 78.4 Å². The minimum Gasteiger partial charge on any atom is -0.508 e. The second-order valence-electron chi connectivity index (χ2n) is 12.7. The highest BCUT2D eigenvalue weighted by molar-refractivity contribution is 6.35. The second kappa shape index (κ2) is 9.41. The summed E-state index contributed by atoms with van der Waals surface area (Å²) in [6.45, 7) is 5.64. The molecule has 7 nitrogen and oxygen atoms in total. The fraction of sp³-hybridized carbons (Fsp3) is 0.438. The number of nitrogens with zero attached hydrogens (tertiary/aromatic N) is 5. The Hall–Kier alpha value is -3.20. The van der Waals surface area contributed by atoms with Gasteiger partial charge in [-0.15, -0.1) is 0 Å². The highest BCUT2D eigenvalue weighted by atomic mass is 35.5. The fourth-order valence-corrected chi connectivity index (χ4v) is 8.18. The Morgan fingerprint density at radius 3 is 2.56 bits per heavy atom. The van der Waals surface area contributed by atoms with E-state index in [0.717, 1.165) is 68.7 Å². The molecule has 0 saturated carbocycles. The van der Waals surface area contributed by atoms with Crippen LogP contribution in [0.4, 0.5) is 16.2 Å². The van der Waals surface area contributed by atoms with Crippen LogP contribution in [0.2, 0.25) is 5.02 Å². The van der Waals surface area contributed by atoms with Crippen LogP contribution in [0.25, 0.3) is 32.8 Å². The molecule has 0 amide bonds. The molecule has 9 heteroatoms. The molecule has 5 heterocycles. The molecule has 4 saturated heterocycles. The standard InChI is InChI=1S/C32H34ClFN6O/c1-38-10-4-9-32(16-38)17-40(18-32)31-36-29-25(30(37-31)39-14-20-7-8-21(15-39)35-20)13-26(33)27(28(29)34)24-12-22(41)11-19-5-2-3-6-23(19)24/h2-3,5-6,11-13,20-21,35,41H,4,7-10,14-18H2,1H3. The van der Waals surface area contributed by atoms with Gasteiger partial charge in [0.25, 0.3) is 0 Å². The maximum Gasteiger partial charge on any atom is 0.228 e. The molecule has 4 fully saturated rings. The largest absolute Gasteiger partial charge is 0.508 e. The van der Waals surface area contributed by atoms with Gasteiger partial charge in [0.2, 0.25) is 5.95 Å². The number of likely N-dealkylation sites (tertiary alicyclic amines) is 1. The Morgan fingerprint density at radius 2 is 1.78 bits per heavy atom. The van der Waals surface area contributed by atoms with Gasteiger partial charge in [-0.1, -0.05) is 35.9 Å². The van der Waals surface area contributed by atoms with Crippen molar-refractivity contribution in [3.05, 3.63) is 53.3 Å². The van der Waals surface area contributed by atoms with Gasteiger partial charge in [0.1, 0.15) is 17.1 Å². The van der Waals surface area contributed by atoms with E-state index in [1.165, 1.54) is 12.8 Å². The van der Waals surface area contributed by atoms with Gasteiger partial charge in [0, 0.05) is 61.2 Å². The molecule has 4 aliphatic heterocycles. The number of hydrogen-bond acceptors (Lipinski definition) is 7. The first-order valence-electron chi connectivity index (χ1n) is 14.7. The third-order valence-corrected chi connectivity index (χ3v) is 9.97. The molecule has 1 spiro atoms. The SMILES string of the molecule is CN1CCCC2(C1)CN(c1nc(N3CC4CCC(C3)N4)c3cc(Cl)c(-c4cc(O)cc5ccccc45)c(F)c3n1)C2. The molecule has 2 bridgehead atoms. The fourth-order valence-electron chi connectivity index (χ4n) is 7.89. The maximum atomic E-state index is 16.8. The summed E-state index contributed by atoms with van der Waals surface area (Å²) in [5, 5.41) is 16.8. The molecule has 0 aliphatic carbocycles. The van der Waals surface area contributed by atoms with E-state index < -0.39 is 5.82 Å². The van der Waals surface area contributed by atoms with Crippen LogP contribution in [0.3, 0.4) is 0 Å². The van der Waals surface area contributed by atoms with Gasteiger partial charge in [0.05, 0.1) is 5.02 Å². The Kier molecular flexibility index (Phi) is 5.85. The van der Waals surface area contributed by atoms with Gasteiger partial charge in [0.15, 0.2) is 5.82 Å². The second-order valence-corrected chi connectivity index (χ2v) is 13.2. The molecule has 212 valence electrons. The van der Waals surface area contributed by atoms with Crippen molar-refractivity contribution in [2.24, 2.45) is 5.41 Å². The average Bonchev–Trinajstić information content (AvgIpc) is 3.28. The van der Waals surface area contributed by atoms with Crippen molar-refractivity contribution in [3.63, 3.8) is 0 Å². The molecule has 41 heavy (non-hydrogen) atoms. The first kappa shape index (κ1) is 25.5. The number of aromatic nitrogens is 2. The number of piperidine rings is 1. The number of halogens is 2. The summed E-state index contributed by atoms with van der Waals surface area (Å²) < 4.78 is 16.8. The van der Waals surface area contributed by atoms with Crippen molar-refractivity contribution < 1.29 is 9.50 Å². The van der Waals surface area contributed by atoms with Crippen LogP contribution in [0, 0.1) is 11.2 Å². The molecule has 3 aromatic carbocycles. The van der Waals surface area contributed by atoms with Gasteiger partial charge in [-0.05, 0) is 73.8 Å². The van der Waals surface area contributed by atoms with Crippen LogP contribution in [0.5, 0.6) is 5.75 Å². The van der Waals surface area contributed by atoms with Gasteiger partial charge in [-0.25, -0.2) is 9.37 Å². The van der Waals surface area contributed by atoms with Gasteiger partial charge in [-0.3, -0.25) is 0 Å². The van der Waals surface area contributed by atoms with E-state index in [-0.39, 0.29) is 27.3 Å². The van der Waals surface area contributed by atoms with Crippen molar-refractivity contribution in [2.45, 2.75) is 37.8 Å². The lowest BCUT2D eigenvalue weighted by Crippen LogP contribution is -2.63. The van der Waals surface area contributed by atoms with E-state index in [4.69, 9.17) is 21.6 Å². The van der Waals surface area contributed by atoms with Crippen molar-refractivity contribution >= 4 is 45.0 Å². The minimum absolute atomic E-state index is 0.0675. The van der Waals surface area contributed by atoms with E-state index in [1.54, 1.807) is 12.1 Å².